The highest BCUT2D eigenvalue weighted by Crippen LogP contribution is 2.30. The molecule has 0 N–H and O–H groups in total. The van der Waals surface area contributed by atoms with E-state index in [-0.39, 0.29) is 11.6 Å². The molecule has 5 rings (SSSR count). The largest absolute Gasteiger partial charge is 0.376 e. The number of anilines is 1. The van der Waals surface area contributed by atoms with Gasteiger partial charge in [0.1, 0.15) is 12.1 Å². The molecule has 0 saturated carbocycles. The molecule has 2 aromatic rings. The van der Waals surface area contributed by atoms with Crippen LogP contribution in [0.1, 0.15) is 48.2 Å². The number of rotatable bonds is 3. The van der Waals surface area contributed by atoms with Crippen LogP contribution < -0.4 is 10.5 Å². The first-order valence-electron chi connectivity index (χ1n) is 10.1. The van der Waals surface area contributed by atoms with Crippen LogP contribution in [0.3, 0.4) is 0 Å². The van der Waals surface area contributed by atoms with Crippen molar-refractivity contribution in [3.05, 3.63) is 45.3 Å². The quantitative estimate of drug-likeness (QED) is 0.821. The van der Waals surface area contributed by atoms with E-state index in [1.165, 1.54) is 6.42 Å². The van der Waals surface area contributed by atoms with E-state index < -0.39 is 0 Å². The Balaban J connectivity index is 1.44. The van der Waals surface area contributed by atoms with E-state index in [1.54, 1.807) is 17.1 Å². The number of hydrogen-bond acceptors (Lipinski definition) is 6. The SMILES string of the molecule is O=c1cc2c(nn1CC1CCCN1c1ncnc3c1COCC3)CCCC2. The Morgan fingerprint density at radius 1 is 1.11 bits per heavy atom. The summed E-state index contributed by atoms with van der Waals surface area (Å²) in [6, 6.07) is 2.04. The molecule has 27 heavy (non-hydrogen) atoms. The highest BCUT2D eigenvalue weighted by molar-refractivity contribution is 5.50. The molecular formula is C20H25N5O2. The van der Waals surface area contributed by atoms with Crippen LogP contribution in [-0.2, 0) is 37.2 Å². The summed E-state index contributed by atoms with van der Waals surface area (Å²) in [6.07, 6.45) is 8.96. The third-order valence-electron chi connectivity index (χ3n) is 6.05. The minimum atomic E-state index is 0.0237. The normalized spacial score (nSPS) is 21.8. The Bertz CT molecular complexity index is 910. The van der Waals surface area contributed by atoms with E-state index in [0.717, 1.165) is 80.0 Å². The molecule has 1 saturated heterocycles. The molecule has 1 unspecified atom stereocenters. The molecule has 7 nitrogen and oxygen atoms in total. The molecule has 0 bridgehead atoms. The van der Waals surface area contributed by atoms with Gasteiger partial charge < -0.3 is 9.64 Å². The van der Waals surface area contributed by atoms with E-state index in [0.29, 0.717) is 13.2 Å². The fraction of sp³-hybridized carbons (Fsp3) is 0.600. The molecule has 4 heterocycles. The maximum atomic E-state index is 12.6. The zero-order valence-electron chi connectivity index (χ0n) is 15.6. The molecule has 0 aromatic carbocycles. The summed E-state index contributed by atoms with van der Waals surface area (Å²) in [5.41, 5.74) is 4.49. The van der Waals surface area contributed by atoms with Crippen molar-refractivity contribution in [3.63, 3.8) is 0 Å². The Labute approximate surface area is 158 Å². The maximum absolute atomic E-state index is 12.6. The van der Waals surface area contributed by atoms with Crippen LogP contribution in [0, 0.1) is 0 Å². The van der Waals surface area contributed by atoms with Gasteiger partial charge in [-0.25, -0.2) is 14.6 Å². The molecule has 0 amide bonds. The summed E-state index contributed by atoms with van der Waals surface area (Å²) in [5.74, 6) is 0.980. The Morgan fingerprint density at radius 2 is 2.04 bits per heavy atom. The topological polar surface area (TPSA) is 73.1 Å². The van der Waals surface area contributed by atoms with Crippen molar-refractivity contribution in [1.82, 2.24) is 19.7 Å². The average Bonchev–Trinajstić information content (AvgIpc) is 3.16. The first-order valence-corrected chi connectivity index (χ1v) is 10.1. The van der Waals surface area contributed by atoms with E-state index in [9.17, 15) is 4.79 Å². The summed E-state index contributed by atoms with van der Waals surface area (Å²) in [5, 5.41) is 4.71. The van der Waals surface area contributed by atoms with Crippen LogP contribution in [-0.4, -0.2) is 38.9 Å². The Hall–Kier alpha value is -2.28. The summed E-state index contributed by atoms with van der Waals surface area (Å²) >= 11 is 0. The molecule has 1 fully saturated rings. The van der Waals surface area contributed by atoms with Crippen molar-refractivity contribution in [2.75, 3.05) is 18.1 Å². The number of ether oxygens (including phenoxy) is 1. The molecule has 2 aromatic heterocycles. The molecule has 142 valence electrons. The van der Waals surface area contributed by atoms with Gasteiger partial charge in [-0.2, -0.15) is 5.10 Å². The van der Waals surface area contributed by atoms with Crippen LogP contribution >= 0.6 is 0 Å². The van der Waals surface area contributed by atoms with Gasteiger partial charge in [-0.15, -0.1) is 0 Å². The molecule has 2 aliphatic heterocycles. The Morgan fingerprint density at radius 3 is 3.00 bits per heavy atom. The standard InChI is InChI=1S/C20H25N5O2/c26-19-10-14-4-1-2-6-17(14)23-25(19)11-15-5-3-8-24(15)20-16-12-27-9-7-18(16)21-13-22-20/h10,13,15H,1-9,11-12H2. The van der Waals surface area contributed by atoms with Gasteiger partial charge in [0.15, 0.2) is 0 Å². The van der Waals surface area contributed by atoms with Gasteiger partial charge in [0.2, 0.25) is 0 Å². The van der Waals surface area contributed by atoms with E-state index >= 15 is 0 Å². The molecule has 1 aliphatic carbocycles. The van der Waals surface area contributed by atoms with E-state index in [1.807, 2.05) is 0 Å². The average molecular weight is 367 g/mol. The van der Waals surface area contributed by atoms with Crippen molar-refractivity contribution in [3.8, 4) is 0 Å². The van der Waals surface area contributed by atoms with Crippen LogP contribution in [0.4, 0.5) is 5.82 Å². The molecule has 0 radical (unpaired) electrons. The number of aromatic nitrogens is 4. The minimum Gasteiger partial charge on any atom is -0.376 e. The highest BCUT2D eigenvalue weighted by atomic mass is 16.5. The van der Waals surface area contributed by atoms with Gasteiger partial charge in [0.25, 0.3) is 5.56 Å². The lowest BCUT2D eigenvalue weighted by molar-refractivity contribution is 0.109. The van der Waals surface area contributed by atoms with E-state index in [2.05, 4.69) is 14.9 Å². The third kappa shape index (κ3) is 3.14. The second kappa shape index (κ2) is 7.03. The van der Waals surface area contributed by atoms with Gasteiger partial charge >= 0.3 is 0 Å². The van der Waals surface area contributed by atoms with Crippen LogP contribution in [0.25, 0.3) is 0 Å². The van der Waals surface area contributed by atoms with Crippen molar-refractivity contribution in [2.24, 2.45) is 0 Å². The Kier molecular flexibility index (Phi) is 4.39. The minimum absolute atomic E-state index is 0.0237. The predicted octanol–water partition coefficient (Wildman–Crippen LogP) is 1.65. The zero-order chi connectivity index (χ0) is 18.2. The molecule has 3 aliphatic rings. The number of nitrogens with zero attached hydrogens (tertiary/aromatic N) is 5. The zero-order valence-corrected chi connectivity index (χ0v) is 15.6. The molecule has 7 heteroatoms. The van der Waals surface area contributed by atoms with Crippen molar-refractivity contribution >= 4 is 5.82 Å². The van der Waals surface area contributed by atoms with Crippen molar-refractivity contribution < 1.29 is 4.74 Å². The summed E-state index contributed by atoms with van der Waals surface area (Å²) in [7, 11) is 0. The number of fused-ring (bicyclic) bond motifs is 2. The van der Waals surface area contributed by atoms with Gasteiger partial charge in [0, 0.05) is 24.6 Å². The van der Waals surface area contributed by atoms with Gasteiger partial charge in [-0.05, 0) is 44.1 Å². The van der Waals surface area contributed by atoms with Crippen LogP contribution in [0.2, 0.25) is 0 Å². The summed E-state index contributed by atoms with van der Waals surface area (Å²) < 4.78 is 7.33. The van der Waals surface area contributed by atoms with Gasteiger partial charge in [-0.3, -0.25) is 4.79 Å². The van der Waals surface area contributed by atoms with Gasteiger partial charge in [-0.1, -0.05) is 0 Å². The van der Waals surface area contributed by atoms with Crippen molar-refractivity contribution in [2.45, 2.75) is 64.1 Å². The summed E-state index contributed by atoms with van der Waals surface area (Å²) in [6.45, 7) is 2.87. The summed E-state index contributed by atoms with van der Waals surface area (Å²) in [4.78, 5) is 24.0. The smallest absolute Gasteiger partial charge is 0.267 e. The van der Waals surface area contributed by atoms with Crippen LogP contribution in [0.5, 0.6) is 0 Å². The lowest BCUT2D eigenvalue weighted by atomic mass is 9.97. The molecule has 0 spiro atoms. The van der Waals surface area contributed by atoms with Gasteiger partial charge in [0.05, 0.1) is 37.2 Å². The van der Waals surface area contributed by atoms with E-state index in [4.69, 9.17) is 9.84 Å². The molecule has 1 atom stereocenters. The first-order chi connectivity index (χ1) is 13.3. The lowest BCUT2D eigenvalue weighted by Crippen LogP contribution is -2.39. The highest BCUT2D eigenvalue weighted by Gasteiger charge is 2.30. The second-order valence-corrected chi connectivity index (χ2v) is 7.76. The maximum Gasteiger partial charge on any atom is 0.267 e. The fourth-order valence-corrected chi connectivity index (χ4v) is 4.63. The molecular weight excluding hydrogens is 342 g/mol. The second-order valence-electron chi connectivity index (χ2n) is 7.76. The fourth-order valence-electron chi connectivity index (χ4n) is 4.63. The van der Waals surface area contributed by atoms with Crippen LogP contribution in [0.15, 0.2) is 17.2 Å². The number of hydrogen-bond donors (Lipinski definition) is 0. The predicted molar refractivity (Wildman–Crippen MR) is 101 cm³/mol. The monoisotopic (exact) mass is 367 g/mol. The third-order valence-corrected chi connectivity index (χ3v) is 6.05. The lowest BCUT2D eigenvalue weighted by Gasteiger charge is -2.29. The first kappa shape index (κ1) is 16.9. The number of aryl methyl sites for hydroxylation is 2. The van der Waals surface area contributed by atoms with Crippen molar-refractivity contribution in [1.29, 1.82) is 0 Å².